The number of likely N-dealkylation sites (N-methyl/N-ethyl adjacent to an activating group) is 1. The molecule has 2 heterocycles. The molecule has 2 saturated heterocycles. The molecule has 0 spiro atoms. The van der Waals surface area contributed by atoms with E-state index in [0.717, 1.165) is 13.1 Å². The molecule has 5 nitrogen and oxygen atoms in total. The molecule has 2 aliphatic rings. The van der Waals surface area contributed by atoms with E-state index in [1.165, 1.54) is 12.8 Å². The van der Waals surface area contributed by atoms with Crippen molar-refractivity contribution in [3.8, 4) is 0 Å². The van der Waals surface area contributed by atoms with Crippen molar-refractivity contribution in [2.75, 3.05) is 46.4 Å². The minimum absolute atomic E-state index is 0. The summed E-state index contributed by atoms with van der Waals surface area (Å²) >= 11 is 0. The number of nitrogens with one attached hydrogen (secondary N) is 1. The van der Waals surface area contributed by atoms with E-state index in [9.17, 15) is 4.79 Å². The Morgan fingerprint density at radius 1 is 1.44 bits per heavy atom. The Hall–Kier alpha value is -0.810. The van der Waals surface area contributed by atoms with Gasteiger partial charge in [-0.1, -0.05) is 0 Å². The molecule has 94 valence electrons. The molecule has 0 unspecified atom stereocenters. The van der Waals surface area contributed by atoms with Gasteiger partial charge >= 0.3 is 6.03 Å². The second-order valence-corrected chi connectivity index (χ2v) is 4.56. The number of rotatable bonds is 2. The number of carbonyl (C=O) groups is 1. The average Bonchev–Trinajstić information content (AvgIpc) is 2.73. The molecule has 0 aliphatic carbocycles. The molecular formula is C11H23N3O2. The smallest absolute Gasteiger partial charge is 0.317 e. The van der Waals surface area contributed by atoms with Crippen LogP contribution in [0.4, 0.5) is 4.79 Å². The third kappa shape index (κ3) is 2.86. The maximum Gasteiger partial charge on any atom is 0.317 e. The van der Waals surface area contributed by atoms with E-state index in [0.29, 0.717) is 32.3 Å². The Labute approximate surface area is 98.2 Å². The Bertz CT molecular complexity index is 247. The van der Waals surface area contributed by atoms with Crippen LogP contribution < -0.4 is 5.32 Å². The van der Waals surface area contributed by atoms with Crippen LogP contribution in [-0.2, 0) is 4.74 Å². The summed E-state index contributed by atoms with van der Waals surface area (Å²) in [5, 5.41) is 3.01. The van der Waals surface area contributed by atoms with E-state index in [1.807, 2.05) is 4.90 Å². The van der Waals surface area contributed by atoms with E-state index < -0.39 is 0 Å². The fourth-order valence-corrected chi connectivity index (χ4v) is 2.32. The third-order valence-electron chi connectivity index (χ3n) is 3.46. The van der Waals surface area contributed by atoms with Crippen LogP contribution in [-0.4, -0.2) is 68.3 Å². The second-order valence-electron chi connectivity index (χ2n) is 4.56. The predicted octanol–water partition coefficient (Wildman–Crippen LogP) is 0.368. The van der Waals surface area contributed by atoms with Gasteiger partial charge in [0, 0.05) is 27.1 Å². The summed E-state index contributed by atoms with van der Waals surface area (Å²) in [6, 6.07) is 0.577. The van der Waals surface area contributed by atoms with Gasteiger partial charge in [0.2, 0.25) is 0 Å². The first-order valence-corrected chi connectivity index (χ1v) is 6.08. The second kappa shape index (κ2) is 5.50. The van der Waals surface area contributed by atoms with Crippen LogP contribution in [0.5, 0.6) is 0 Å². The molecule has 2 rings (SSSR count). The molecule has 1 atom stereocenters. The van der Waals surface area contributed by atoms with Crippen molar-refractivity contribution in [2.45, 2.75) is 18.9 Å². The van der Waals surface area contributed by atoms with Crippen molar-refractivity contribution < 1.29 is 11.0 Å². The van der Waals surface area contributed by atoms with Gasteiger partial charge in [0.25, 0.3) is 0 Å². The summed E-state index contributed by atoms with van der Waals surface area (Å²) < 4.78 is 5.21. The van der Waals surface area contributed by atoms with Crippen molar-refractivity contribution >= 4 is 6.03 Å². The highest BCUT2D eigenvalue weighted by atomic mass is 16.5. The van der Waals surface area contributed by atoms with Crippen LogP contribution in [0.2, 0.25) is 0 Å². The number of nitrogens with zero attached hydrogens (tertiary/aromatic N) is 2. The number of morpholine rings is 1. The molecule has 2 aliphatic heterocycles. The summed E-state index contributed by atoms with van der Waals surface area (Å²) in [6.45, 7) is 4.68. The maximum absolute atomic E-state index is 11.8. The number of amides is 2. The number of likely N-dealkylation sites (tertiary alicyclic amines) is 1. The molecule has 0 radical (unpaired) electrons. The van der Waals surface area contributed by atoms with Gasteiger partial charge in [-0.05, 0) is 26.4 Å². The van der Waals surface area contributed by atoms with Crippen LogP contribution in [0.15, 0.2) is 0 Å². The fourth-order valence-electron chi connectivity index (χ4n) is 2.32. The minimum atomic E-state index is 0. The highest BCUT2D eigenvalue weighted by Gasteiger charge is 2.22. The SMILES string of the molecule is CN1CCC[C@H]1CNC(=O)N1CCOCC1.[HH]. The lowest BCUT2D eigenvalue weighted by Crippen LogP contribution is -2.48. The van der Waals surface area contributed by atoms with Crippen molar-refractivity contribution in [3.05, 3.63) is 0 Å². The van der Waals surface area contributed by atoms with Gasteiger partial charge in [-0.15, -0.1) is 0 Å². The minimum Gasteiger partial charge on any atom is -0.378 e. The number of ether oxygens (including phenoxy) is 1. The Morgan fingerprint density at radius 3 is 2.81 bits per heavy atom. The third-order valence-corrected chi connectivity index (χ3v) is 3.46. The predicted molar refractivity (Wildman–Crippen MR) is 63.6 cm³/mol. The Kier molecular flexibility index (Phi) is 4.01. The van der Waals surface area contributed by atoms with E-state index in [1.54, 1.807) is 0 Å². The summed E-state index contributed by atoms with van der Waals surface area (Å²) in [5.41, 5.74) is 0. The summed E-state index contributed by atoms with van der Waals surface area (Å²) in [6.07, 6.45) is 2.44. The summed E-state index contributed by atoms with van der Waals surface area (Å²) in [7, 11) is 2.12. The lowest BCUT2D eigenvalue weighted by molar-refractivity contribution is 0.0529. The number of carbonyl (C=O) groups excluding carboxylic acids is 1. The molecule has 0 aromatic rings. The number of hydrogen-bond donors (Lipinski definition) is 1. The zero-order valence-corrected chi connectivity index (χ0v) is 9.95. The van der Waals surface area contributed by atoms with Gasteiger partial charge in [0.1, 0.15) is 0 Å². The monoisotopic (exact) mass is 229 g/mol. The van der Waals surface area contributed by atoms with Crippen molar-refractivity contribution in [3.63, 3.8) is 0 Å². The molecule has 0 aromatic carbocycles. The van der Waals surface area contributed by atoms with Crippen molar-refractivity contribution in [1.29, 1.82) is 0 Å². The van der Waals surface area contributed by atoms with E-state index in [-0.39, 0.29) is 7.46 Å². The number of hydrogen-bond acceptors (Lipinski definition) is 3. The zero-order valence-electron chi connectivity index (χ0n) is 9.95. The zero-order chi connectivity index (χ0) is 11.4. The quantitative estimate of drug-likeness (QED) is 0.744. The largest absolute Gasteiger partial charge is 0.378 e. The standard InChI is InChI=1S/C11H21N3O2.H2/c1-13-4-2-3-10(13)9-12-11(15)14-5-7-16-8-6-14;/h10H,2-9H2,1H3,(H,12,15);1H/t10-;/m0./s1. The first-order valence-electron chi connectivity index (χ1n) is 6.08. The topological polar surface area (TPSA) is 44.8 Å². The fraction of sp³-hybridized carbons (Fsp3) is 0.909. The van der Waals surface area contributed by atoms with E-state index in [4.69, 9.17) is 4.74 Å². The highest BCUT2D eigenvalue weighted by molar-refractivity contribution is 5.74. The first kappa shape index (κ1) is 11.7. The number of urea groups is 1. The summed E-state index contributed by atoms with van der Waals surface area (Å²) in [5.74, 6) is 0. The molecule has 0 aromatic heterocycles. The lowest BCUT2D eigenvalue weighted by Gasteiger charge is -2.28. The van der Waals surface area contributed by atoms with Crippen molar-refractivity contribution in [1.82, 2.24) is 15.1 Å². The Morgan fingerprint density at radius 2 is 2.19 bits per heavy atom. The van der Waals surface area contributed by atoms with Gasteiger partial charge in [-0.3, -0.25) is 0 Å². The summed E-state index contributed by atoms with van der Waals surface area (Å²) in [4.78, 5) is 16.0. The first-order chi connectivity index (χ1) is 7.77. The molecular weight excluding hydrogens is 206 g/mol. The normalized spacial score (nSPS) is 27.1. The molecule has 16 heavy (non-hydrogen) atoms. The molecule has 0 bridgehead atoms. The van der Waals surface area contributed by atoms with Gasteiger partial charge in [0.15, 0.2) is 0 Å². The van der Waals surface area contributed by atoms with Crippen LogP contribution in [0, 0.1) is 0 Å². The Balaban J connectivity index is 0.00000144. The lowest BCUT2D eigenvalue weighted by atomic mass is 10.2. The van der Waals surface area contributed by atoms with Crippen LogP contribution in [0.3, 0.4) is 0 Å². The molecule has 2 amide bonds. The van der Waals surface area contributed by atoms with Crippen LogP contribution >= 0.6 is 0 Å². The van der Waals surface area contributed by atoms with Gasteiger partial charge in [-0.25, -0.2) is 4.79 Å². The van der Waals surface area contributed by atoms with Crippen molar-refractivity contribution in [2.24, 2.45) is 0 Å². The molecule has 2 fully saturated rings. The molecule has 0 saturated carbocycles. The van der Waals surface area contributed by atoms with Crippen LogP contribution in [0.1, 0.15) is 14.3 Å². The van der Waals surface area contributed by atoms with E-state index >= 15 is 0 Å². The highest BCUT2D eigenvalue weighted by Crippen LogP contribution is 2.13. The van der Waals surface area contributed by atoms with Gasteiger partial charge in [-0.2, -0.15) is 0 Å². The maximum atomic E-state index is 11.8. The van der Waals surface area contributed by atoms with Crippen LogP contribution in [0.25, 0.3) is 0 Å². The molecule has 5 heteroatoms. The average molecular weight is 229 g/mol. The molecule has 1 N–H and O–H groups in total. The van der Waals surface area contributed by atoms with Gasteiger partial charge in [0.05, 0.1) is 13.2 Å². The van der Waals surface area contributed by atoms with Gasteiger partial charge < -0.3 is 19.9 Å². The van der Waals surface area contributed by atoms with E-state index in [2.05, 4.69) is 17.3 Å².